The molecule has 0 aliphatic carbocycles. The van der Waals surface area contributed by atoms with Crippen molar-refractivity contribution in [2.75, 3.05) is 11.9 Å². The van der Waals surface area contributed by atoms with Gasteiger partial charge in [-0.25, -0.2) is 9.48 Å². The number of anilines is 1. The molecule has 7 heteroatoms. The molecule has 7 nitrogen and oxygen atoms in total. The molecule has 0 unspecified atom stereocenters. The second kappa shape index (κ2) is 10.0. The van der Waals surface area contributed by atoms with Crippen molar-refractivity contribution in [3.8, 4) is 0 Å². The molecule has 1 amide bonds. The van der Waals surface area contributed by atoms with Gasteiger partial charge in [-0.05, 0) is 30.0 Å². The standard InChI is InChI=1S/C24H27N3O4/c1-4-5-14-27-23(29)19-12-7-6-11-18(19)22(26-27)24(30)31-15-21(28)25-20-13-9-8-10-17(20)16(2)3/h6-13,16H,4-5,14-15H2,1-3H3,(H,25,28). The van der Waals surface area contributed by atoms with Gasteiger partial charge >= 0.3 is 5.97 Å². The monoisotopic (exact) mass is 421 g/mol. The molecule has 0 aliphatic heterocycles. The first-order valence-corrected chi connectivity index (χ1v) is 10.5. The molecule has 0 saturated heterocycles. The third-order valence-electron chi connectivity index (χ3n) is 4.98. The number of carbonyl (C=O) groups is 2. The molecule has 0 atom stereocenters. The van der Waals surface area contributed by atoms with Crippen LogP contribution in [0.5, 0.6) is 0 Å². The number of carbonyl (C=O) groups excluding carboxylic acids is 2. The summed E-state index contributed by atoms with van der Waals surface area (Å²) in [4.78, 5) is 37.8. The molecule has 1 N–H and O–H groups in total. The van der Waals surface area contributed by atoms with E-state index < -0.39 is 18.5 Å². The number of esters is 1. The number of benzene rings is 2. The van der Waals surface area contributed by atoms with Gasteiger partial charge < -0.3 is 10.1 Å². The van der Waals surface area contributed by atoms with Crippen molar-refractivity contribution in [3.63, 3.8) is 0 Å². The maximum absolute atomic E-state index is 12.7. The SMILES string of the molecule is CCCCn1nc(C(=O)OCC(=O)Nc2ccccc2C(C)C)c2ccccc2c1=O. The average molecular weight is 421 g/mol. The lowest BCUT2D eigenvalue weighted by Gasteiger charge is -2.14. The fourth-order valence-electron chi connectivity index (χ4n) is 3.35. The molecular weight excluding hydrogens is 394 g/mol. The van der Waals surface area contributed by atoms with Crippen molar-refractivity contribution in [1.29, 1.82) is 0 Å². The Bertz CT molecular complexity index is 1150. The van der Waals surface area contributed by atoms with E-state index in [4.69, 9.17) is 4.74 Å². The number of amides is 1. The van der Waals surface area contributed by atoms with Crippen molar-refractivity contribution in [2.24, 2.45) is 0 Å². The van der Waals surface area contributed by atoms with Gasteiger partial charge in [0, 0.05) is 17.6 Å². The summed E-state index contributed by atoms with van der Waals surface area (Å²) in [7, 11) is 0. The number of nitrogens with one attached hydrogen (secondary N) is 1. The highest BCUT2D eigenvalue weighted by Crippen LogP contribution is 2.23. The summed E-state index contributed by atoms with van der Waals surface area (Å²) in [6, 6.07) is 14.3. The smallest absolute Gasteiger partial charge is 0.359 e. The van der Waals surface area contributed by atoms with E-state index in [1.165, 1.54) is 4.68 Å². The van der Waals surface area contributed by atoms with Crippen LogP contribution in [0.2, 0.25) is 0 Å². The summed E-state index contributed by atoms with van der Waals surface area (Å²) in [6.45, 7) is 6.05. The van der Waals surface area contributed by atoms with E-state index in [-0.39, 0.29) is 17.2 Å². The van der Waals surface area contributed by atoms with E-state index in [2.05, 4.69) is 10.4 Å². The third-order valence-corrected chi connectivity index (χ3v) is 4.98. The van der Waals surface area contributed by atoms with Gasteiger partial charge in [-0.15, -0.1) is 0 Å². The zero-order valence-electron chi connectivity index (χ0n) is 18.1. The molecule has 0 saturated carbocycles. The van der Waals surface area contributed by atoms with Gasteiger partial charge in [0.1, 0.15) is 0 Å². The number of rotatable bonds is 8. The van der Waals surface area contributed by atoms with Crippen molar-refractivity contribution in [3.05, 3.63) is 70.1 Å². The van der Waals surface area contributed by atoms with E-state index in [1.54, 1.807) is 24.3 Å². The highest BCUT2D eigenvalue weighted by atomic mass is 16.5. The number of nitrogens with zero attached hydrogens (tertiary/aromatic N) is 2. The summed E-state index contributed by atoms with van der Waals surface area (Å²) in [6.07, 6.45) is 1.65. The molecular formula is C24H27N3O4. The number of aromatic nitrogens is 2. The van der Waals surface area contributed by atoms with Crippen molar-refractivity contribution in [1.82, 2.24) is 9.78 Å². The van der Waals surface area contributed by atoms with Gasteiger partial charge in [0.2, 0.25) is 0 Å². The lowest BCUT2D eigenvalue weighted by molar-refractivity contribution is -0.119. The first-order valence-electron chi connectivity index (χ1n) is 10.5. The minimum absolute atomic E-state index is 0.0293. The summed E-state index contributed by atoms with van der Waals surface area (Å²) in [5.74, 6) is -0.947. The zero-order chi connectivity index (χ0) is 22.4. The van der Waals surface area contributed by atoms with Crippen LogP contribution in [0.3, 0.4) is 0 Å². The maximum atomic E-state index is 12.7. The molecule has 3 aromatic rings. The minimum atomic E-state index is -0.742. The number of unbranched alkanes of at least 4 members (excludes halogenated alkanes) is 1. The normalized spacial score (nSPS) is 11.0. The fraction of sp³-hybridized carbons (Fsp3) is 0.333. The van der Waals surface area contributed by atoms with Crippen LogP contribution >= 0.6 is 0 Å². The largest absolute Gasteiger partial charge is 0.451 e. The first kappa shape index (κ1) is 22.2. The van der Waals surface area contributed by atoms with E-state index in [0.29, 0.717) is 23.0 Å². The molecule has 0 aliphatic rings. The Kier molecular flexibility index (Phi) is 7.18. The van der Waals surface area contributed by atoms with Crippen molar-refractivity contribution in [2.45, 2.75) is 46.1 Å². The molecule has 1 aromatic heterocycles. The summed E-state index contributed by atoms with van der Waals surface area (Å²) in [5, 5.41) is 7.84. The van der Waals surface area contributed by atoms with Gasteiger partial charge in [0.05, 0.1) is 5.39 Å². The fourth-order valence-corrected chi connectivity index (χ4v) is 3.35. The van der Waals surface area contributed by atoms with Crippen molar-refractivity contribution < 1.29 is 14.3 Å². The van der Waals surface area contributed by atoms with Crippen LogP contribution in [0.1, 0.15) is 55.6 Å². The second-order valence-corrected chi connectivity index (χ2v) is 7.64. The quantitative estimate of drug-likeness (QED) is 0.553. The van der Waals surface area contributed by atoms with E-state index in [0.717, 1.165) is 18.4 Å². The number of aryl methyl sites for hydroxylation is 1. The van der Waals surface area contributed by atoms with Gasteiger partial charge in [-0.3, -0.25) is 9.59 Å². The van der Waals surface area contributed by atoms with Crippen LogP contribution in [-0.4, -0.2) is 28.3 Å². The van der Waals surface area contributed by atoms with Crippen LogP contribution in [-0.2, 0) is 16.1 Å². The minimum Gasteiger partial charge on any atom is -0.451 e. The molecule has 3 rings (SSSR count). The van der Waals surface area contributed by atoms with E-state index in [9.17, 15) is 14.4 Å². The molecule has 2 aromatic carbocycles. The lowest BCUT2D eigenvalue weighted by atomic mass is 10.0. The predicted molar refractivity (Wildman–Crippen MR) is 120 cm³/mol. The summed E-state index contributed by atoms with van der Waals surface area (Å²) >= 11 is 0. The summed E-state index contributed by atoms with van der Waals surface area (Å²) in [5.41, 5.74) is 1.47. The van der Waals surface area contributed by atoms with Crippen LogP contribution < -0.4 is 10.9 Å². The van der Waals surface area contributed by atoms with Gasteiger partial charge in [-0.2, -0.15) is 5.10 Å². The van der Waals surface area contributed by atoms with Crippen molar-refractivity contribution >= 4 is 28.3 Å². The Hall–Kier alpha value is -3.48. The lowest BCUT2D eigenvalue weighted by Crippen LogP contribution is -2.28. The number of para-hydroxylation sites is 1. The highest BCUT2D eigenvalue weighted by Gasteiger charge is 2.19. The molecule has 0 fully saturated rings. The predicted octanol–water partition coefficient (Wildman–Crippen LogP) is 4.12. The number of hydrogen-bond acceptors (Lipinski definition) is 5. The highest BCUT2D eigenvalue weighted by molar-refractivity contribution is 6.03. The van der Waals surface area contributed by atoms with Crippen LogP contribution in [0.4, 0.5) is 5.69 Å². The molecule has 1 heterocycles. The second-order valence-electron chi connectivity index (χ2n) is 7.64. The first-order chi connectivity index (χ1) is 14.9. The number of fused-ring (bicyclic) bond motifs is 1. The number of ether oxygens (including phenoxy) is 1. The molecule has 0 spiro atoms. The third kappa shape index (κ3) is 5.17. The van der Waals surface area contributed by atoms with E-state index >= 15 is 0 Å². The number of hydrogen-bond donors (Lipinski definition) is 1. The van der Waals surface area contributed by atoms with Gasteiger partial charge in [0.15, 0.2) is 12.3 Å². The van der Waals surface area contributed by atoms with Gasteiger partial charge in [0.25, 0.3) is 11.5 Å². The van der Waals surface area contributed by atoms with E-state index in [1.807, 2.05) is 45.0 Å². The van der Waals surface area contributed by atoms with Crippen LogP contribution in [0.15, 0.2) is 53.3 Å². The van der Waals surface area contributed by atoms with Crippen LogP contribution in [0.25, 0.3) is 10.8 Å². The Balaban J connectivity index is 1.78. The summed E-state index contributed by atoms with van der Waals surface area (Å²) < 4.78 is 6.53. The molecule has 0 radical (unpaired) electrons. The average Bonchev–Trinajstić information content (AvgIpc) is 2.77. The zero-order valence-corrected chi connectivity index (χ0v) is 18.1. The van der Waals surface area contributed by atoms with Gasteiger partial charge in [-0.1, -0.05) is 63.6 Å². The maximum Gasteiger partial charge on any atom is 0.359 e. The molecule has 0 bridgehead atoms. The van der Waals surface area contributed by atoms with Crippen LogP contribution in [0, 0.1) is 0 Å². The Morgan fingerprint density at radius 3 is 2.45 bits per heavy atom. The molecule has 31 heavy (non-hydrogen) atoms. The topological polar surface area (TPSA) is 90.3 Å². The molecule has 162 valence electrons. The Labute approximate surface area is 181 Å². The Morgan fingerprint density at radius 2 is 1.74 bits per heavy atom. The Morgan fingerprint density at radius 1 is 1.06 bits per heavy atom.